The van der Waals surface area contributed by atoms with Gasteiger partial charge in [-0.2, -0.15) is 0 Å². The number of nitrogens with one attached hydrogen (secondary N) is 2. The van der Waals surface area contributed by atoms with Gasteiger partial charge in [0.25, 0.3) is 0 Å². The van der Waals surface area contributed by atoms with Crippen molar-refractivity contribution in [1.82, 2.24) is 0 Å². The molecule has 2 aromatic rings. The Hall–Kier alpha value is -2.31. The molecule has 110 valence electrons. The van der Waals surface area contributed by atoms with Crippen LogP contribution in [0.2, 0.25) is 10.0 Å². The Morgan fingerprint density at radius 2 is 1.57 bits per heavy atom. The SMILES string of the molecule is O=C(Nc1cc(O)c(O)c(O)c1)Nc1ccc(Cl)cc1Cl. The first-order valence-electron chi connectivity index (χ1n) is 5.65. The zero-order chi connectivity index (χ0) is 15.6. The van der Waals surface area contributed by atoms with Crippen LogP contribution in [-0.4, -0.2) is 21.4 Å². The summed E-state index contributed by atoms with van der Waals surface area (Å²) in [5.41, 5.74) is 0.427. The largest absolute Gasteiger partial charge is 0.504 e. The summed E-state index contributed by atoms with van der Waals surface area (Å²) in [5.74, 6) is -1.79. The van der Waals surface area contributed by atoms with E-state index in [-0.39, 0.29) is 10.7 Å². The van der Waals surface area contributed by atoms with Crippen LogP contribution >= 0.6 is 23.2 Å². The number of benzene rings is 2. The first-order valence-corrected chi connectivity index (χ1v) is 6.40. The minimum atomic E-state index is -0.665. The fraction of sp³-hybridized carbons (Fsp3) is 0. The van der Waals surface area contributed by atoms with Crippen molar-refractivity contribution in [3.63, 3.8) is 0 Å². The maximum atomic E-state index is 11.8. The summed E-state index contributed by atoms with van der Waals surface area (Å²) >= 11 is 11.6. The van der Waals surface area contributed by atoms with Crippen molar-refractivity contribution in [2.75, 3.05) is 10.6 Å². The Bertz CT molecular complexity index is 684. The zero-order valence-corrected chi connectivity index (χ0v) is 11.9. The van der Waals surface area contributed by atoms with Crippen LogP contribution in [0.15, 0.2) is 30.3 Å². The average Bonchev–Trinajstić information content (AvgIpc) is 2.39. The number of halogens is 2. The van der Waals surface area contributed by atoms with E-state index < -0.39 is 23.3 Å². The first-order chi connectivity index (χ1) is 9.86. The summed E-state index contributed by atoms with van der Waals surface area (Å²) in [5, 5.41) is 33.4. The molecule has 0 aromatic heterocycles. The van der Waals surface area contributed by atoms with Crippen molar-refractivity contribution < 1.29 is 20.1 Å². The molecule has 2 aromatic carbocycles. The summed E-state index contributed by atoms with van der Waals surface area (Å²) in [4.78, 5) is 11.8. The van der Waals surface area contributed by atoms with Gasteiger partial charge in [0.05, 0.1) is 16.4 Å². The van der Waals surface area contributed by atoms with E-state index in [2.05, 4.69) is 10.6 Å². The quantitative estimate of drug-likeness (QED) is 0.428. The number of hydrogen-bond acceptors (Lipinski definition) is 4. The summed E-state index contributed by atoms with van der Waals surface area (Å²) < 4.78 is 0. The van der Waals surface area contributed by atoms with Gasteiger partial charge in [0, 0.05) is 17.2 Å². The van der Waals surface area contributed by atoms with Gasteiger partial charge in [-0.3, -0.25) is 0 Å². The van der Waals surface area contributed by atoms with Gasteiger partial charge >= 0.3 is 6.03 Å². The number of rotatable bonds is 2. The minimum absolute atomic E-state index is 0.0883. The molecule has 0 aliphatic carbocycles. The topological polar surface area (TPSA) is 102 Å². The maximum absolute atomic E-state index is 11.8. The van der Waals surface area contributed by atoms with Crippen molar-refractivity contribution in [2.45, 2.75) is 0 Å². The number of carbonyl (C=O) groups excluding carboxylic acids is 1. The lowest BCUT2D eigenvalue weighted by Crippen LogP contribution is -2.19. The fourth-order valence-corrected chi connectivity index (χ4v) is 2.01. The Kier molecular flexibility index (Phi) is 4.30. The van der Waals surface area contributed by atoms with Gasteiger partial charge in [-0.05, 0) is 18.2 Å². The number of carbonyl (C=O) groups is 1. The first kappa shape index (κ1) is 15.1. The van der Waals surface area contributed by atoms with Gasteiger partial charge in [0.2, 0.25) is 0 Å². The lowest BCUT2D eigenvalue weighted by Gasteiger charge is -2.10. The van der Waals surface area contributed by atoms with E-state index in [9.17, 15) is 20.1 Å². The maximum Gasteiger partial charge on any atom is 0.323 e. The normalized spacial score (nSPS) is 10.2. The molecule has 0 saturated heterocycles. The monoisotopic (exact) mass is 328 g/mol. The van der Waals surface area contributed by atoms with Crippen LogP contribution in [-0.2, 0) is 0 Å². The molecule has 0 radical (unpaired) electrons. The Morgan fingerprint density at radius 1 is 0.952 bits per heavy atom. The second-order valence-corrected chi connectivity index (χ2v) is 4.91. The van der Waals surface area contributed by atoms with Crippen LogP contribution in [0.1, 0.15) is 0 Å². The van der Waals surface area contributed by atoms with Gasteiger partial charge in [0.1, 0.15) is 0 Å². The number of phenolic OH excluding ortho intramolecular Hbond substituents is 3. The molecule has 0 aliphatic rings. The van der Waals surface area contributed by atoms with Crippen LogP contribution in [0.5, 0.6) is 17.2 Å². The molecule has 8 heteroatoms. The molecule has 5 N–H and O–H groups in total. The molecule has 0 unspecified atom stereocenters. The van der Waals surface area contributed by atoms with E-state index in [1.54, 1.807) is 6.07 Å². The second-order valence-electron chi connectivity index (χ2n) is 4.07. The van der Waals surface area contributed by atoms with E-state index >= 15 is 0 Å². The van der Waals surface area contributed by atoms with Crippen molar-refractivity contribution in [3.8, 4) is 17.2 Å². The van der Waals surface area contributed by atoms with Crippen molar-refractivity contribution in [2.24, 2.45) is 0 Å². The molecule has 0 spiro atoms. The molecule has 0 heterocycles. The summed E-state index contributed by atoms with van der Waals surface area (Å²) in [6, 6.07) is 6.06. The number of urea groups is 1. The number of anilines is 2. The highest BCUT2D eigenvalue weighted by atomic mass is 35.5. The molecule has 6 nitrogen and oxygen atoms in total. The van der Waals surface area contributed by atoms with Gasteiger partial charge in [-0.15, -0.1) is 0 Å². The lowest BCUT2D eigenvalue weighted by molar-refractivity contribution is 0.262. The predicted octanol–water partition coefficient (Wildman–Crippen LogP) is 3.75. The summed E-state index contributed by atoms with van der Waals surface area (Å²) in [6.45, 7) is 0. The Morgan fingerprint density at radius 3 is 2.14 bits per heavy atom. The highest BCUT2D eigenvalue weighted by Crippen LogP contribution is 2.37. The van der Waals surface area contributed by atoms with Gasteiger partial charge in [-0.1, -0.05) is 23.2 Å². The van der Waals surface area contributed by atoms with Gasteiger partial charge < -0.3 is 26.0 Å². The van der Waals surface area contributed by atoms with Crippen LogP contribution in [0.3, 0.4) is 0 Å². The molecular formula is C13H10Cl2N2O4. The van der Waals surface area contributed by atoms with Crippen LogP contribution in [0, 0.1) is 0 Å². The van der Waals surface area contributed by atoms with Crippen molar-refractivity contribution in [3.05, 3.63) is 40.4 Å². The third-order valence-corrected chi connectivity index (χ3v) is 3.05. The highest BCUT2D eigenvalue weighted by Gasteiger charge is 2.11. The Balaban J connectivity index is 2.12. The molecule has 21 heavy (non-hydrogen) atoms. The third-order valence-electron chi connectivity index (χ3n) is 2.51. The lowest BCUT2D eigenvalue weighted by atomic mass is 10.2. The standard InChI is InChI=1S/C13H10Cl2N2O4/c14-6-1-2-9(8(15)3-6)17-13(21)16-7-4-10(18)12(20)11(19)5-7/h1-5,18-20H,(H2,16,17,21). The van der Waals surface area contributed by atoms with Gasteiger partial charge in [-0.25, -0.2) is 4.79 Å². The molecule has 0 aliphatic heterocycles. The third kappa shape index (κ3) is 3.62. The number of hydrogen-bond donors (Lipinski definition) is 5. The molecule has 2 rings (SSSR count). The predicted molar refractivity (Wildman–Crippen MR) is 80.5 cm³/mol. The second kappa shape index (κ2) is 5.99. The molecule has 0 atom stereocenters. The molecule has 2 amide bonds. The van der Waals surface area contributed by atoms with Crippen molar-refractivity contribution in [1.29, 1.82) is 0 Å². The van der Waals surface area contributed by atoms with Gasteiger partial charge in [0.15, 0.2) is 17.2 Å². The summed E-state index contributed by atoms with van der Waals surface area (Å²) in [6.07, 6.45) is 0. The average molecular weight is 329 g/mol. The molecule has 0 fully saturated rings. The zero-order valence-electron chi connectivity index (χ0n) is 10.4. The number of aromatic hydroxyl groups is 3. The fourth-order valence-electron chi connectivity index (χ4n) is 1.55. The van der Waals surface area contributed by atoms with E-state index in [0.717, 1.165) is 12.1 Å². The van der Waals surface area contributed by atoms with E-state index in [1.165, 1.54) is 12.1 Å². The van der Waals surface area contributed by atoms with Crippen LogP contribution < -0.4 is 10.6 Å². The molecular weight excluding hydrogens is 319 g/mol. The van der Waals surface area contributed by atoms with E-state index in [4.69, 9.17) is 23.2 Å². The Labute approximate surface area is 129 Å². The van der Waals surface area contributed by atoms with E-state index in [0.29, 0.717) is 10.7 Å². The van der Waals surface area contributed by atoms with E-state index in [1.807, 2.05) is 0 Å². The summed E-state index contributed by atoms with van der Waals surface area (Å²) in [7, 11) is 0. The van der Waals surface area contributed by atoms with Crippen LogP contribution in [0.25, 0.3) is 0 Å². The number of amides is 2. The smallest absolute Gasteiger partial charge is 0.323 e. The van der Waals surface area contributed by atoms with Crippen molar-refractivity contribution >= 4 is 40.6 Å². The highest BCUT2D eigenvalue weighted by molar-refractivity contribution is 6.36. The molecule has 0 bridgehead atoms. The van der Waals surface area contributed by atoms with Crippen LogP contribution in [0.4, 0.5) is 16.2 Å². The number of phenols is 3. The minimum Gasteiger partial charge on any atom is -0.504 e. The molecule has 0 saturated carbocycles.